The minimum atomic E-state index is 1.12. The van der Waals surface area contributed by atoms with Crippen LogP contribution in [0.15, 0.2) is 188 Å². The largest absolute Gasteiger partial charge is 0.310 e. The SMILES string of the molecule is c1ccc(-c2cccc(N(c3ccccc3)c3ccc(-c4ccc5cc(-c6ccc7ccccc7c6)ccc5c4)cc3)c2)cc1. The van der Waals surface area contributed by atoms with Crippen molar-refractivity contribution in [2.24, 2.45) is 0 Å². The van der Waals surface area contributed by atoms with E-state index in [1.54, 1.807) is 0 Å². The lowest BCUT2D eigenvalue weighted by Gasteiger charge is -2.26. The number of hydrogen-bond donors (Lipinski definition) is 0. The van der Waals surface area contributed by atoms with Gasteiger partial charge in [0.25, 0.3) is 0 Å². The molecule has 0 spiro atoms. The standard InChI is InChI=1S/C44H31N/c1-3-10-32(11-4-1)36-14-9-17-44(31-36)45(42-15-5-2-6-16-42)43-26-24-34(25-27-43)37-20-21-40-30-41(23-22-39(40)29-37)38-19-18-33-12-7-8-13-35(33)28-38/h1-31H. The van der Waals surface area contributed by atoms with Gasteiger partial charge in [0.2, 0.25) is 0 Å². The topological polar surface area (TPSA) is 3.24 Å². The molecule has 0 bridgehead atoms. The van der Waals surface area contributed by atoms with Crippen molar-refractivity contribution in [1.29, 1.82) is 0 Å². The number of anilines is 3. The second-order valence-electron chi connectivity index (χ2n) is 11.5. The molecule has 212 valence electrons. The van der Waals surface area contributed by atoms with Crippen LogP contribution in [0.3, 0.4) is 0 Å². The summed E-state index contributed by atoms with van der Waals surface area (Å²) in [5, 5.41) is 5.02. The molecule has 0 atom stereocenters. The normalized spacial score (nSPS) is 11.1. The highest BCUT2D eigenvalue weighted by molar-refractivity contribution is 5.93. The molecular weight excluding hydrogens is 542 g/mol. The van der Waals surface area contributed by atoms with E-state index in [9.17, 15) is 0 Å². The van der Waals surface area contributed by atoms with Gasteiger partial charge in [-0.1, -0.05) is 133 Å². The first-order valence-electron chi connectivity index (χ1n) is 15.4. The summed E-state index contributed by atoms with van der Waals surface area (Å²) in [6, 6.07) is 67.6. The van der Waals surface area contributed by atoms with Crippen LogP contribution in [0.2, 0.25) is 0 Å². The Labute approximate surface area is 264 Å². The predicted molar refractivity (Wildman–Crippen MR) is 192 cm³/mol. The Hall–Kier alpha value is -5.92. The van der Waals surface area contributed by atoms with Crippen molar-refractivity contribution < 1.29 is 0 Å². The second kappa shape index (κ2) is 11.6. The monoisotopic (exact) mass is 573 g/mol. The molecule has 0 aliphatic carbocycles. The molecule has 0 aliphatic heterocycles. The smallest absolute Gasteiger partial charge is 0.0467 e. The first-order valence-corrected chi connectivity index (χ1v) is 15.4. The second-order valence-corrected chi connectivity index (χ2v) is 11.5. The fraction of sp³-hybridized carbons (Fsp3) is 0. The first kappa shape index (κ1) is 26.7. The van der Waals surface area contributed by atoms with E-state index < -0.39 is 0 Å². The van der Waals surface area contributed by atoms with E-state index in [1.807, 2.05) is 0 Å². The zero-order valence-corrected chi connectivity index (χ0v) is 24.8. The van der Waals surface area contributed by atoms with E-state index in [4.69, 9.17) is 0 Å². The zero-order chi connectivity index (χ0) is 30.0. The fourth-order valence-electron chi connectivity index (χ4n) is 6.26. The highest BCUT2D eigenvalue weighted by Gasteiger charge is 2.14. The van der Waals surface area contributed by atoms with Crippen LogP contribution in [-0.2, 0) is 0 Å². The first-order chi connectivity index (χ1) is 22.3. The van der Waals surface area contributed by atoms with E-state index in [2.05, 4.69) is 193 Å². The molecule has 0 aromatic heterocycles. The van der Waals surface area contributed by atoms with Crippen molar-refractivity contribution in [3.63, 3.8) is 0 Å². The molecule has 1 heteroatoms. The lowest BCUT2D eigenvalue weighted by Crippen LogP contribution is -2.09. The molecule has 1 nitrogen and oxygen atoms in total. The number of benzene rings is 8. The molecule has 0 saturated carbocycles. The van der Waals surface area contributed by atoms with Crippen LogP contribution < -0.4 is 4.90 Å². The summed E-state index contributed by atoms with van der Waals surface area (Å²) in [5.41, 5.74) is 10.7. The fourth-order valence-corrected chi connectivity index (χ4v) is 6.26. The molecule has 0 N–H and O–H groups in total. The van der Waals surface area contributed by atoms with Gasteiger partial charge in [-0.05, 0) is 110 Å². The maximum Gasteiger partial charge on any atom is 0.0467 e. The predicted octanol–water partition coefficient (Wildman–Crippen LogP) is 12.5. The highest BCUT2D eigenvalue weighted by Crippen LogP contribution is 2.38. The summed E-state index contributed by atoms with van der Waals surface area (Å²) >= 11 is 0. The van der Waals surface area contributed by atoms with Gasteiger partial charge in [0.05, 0.1) is 0 Å². The minimum absolute atomic E-state index is 1.12. The third kappa shape index (κ3) is 5.37. The van der Waals surface area contributed by atoms with Crippen molar-refractivity contribution in [1.82, 2.24) is 0 Å². The van der Waals surface area contributed by atoms with Gasteiger partial charge in [0.1, 0.15) is 0 Å². The summed E-state index contributed by atoms with van der Waals surface area (Å²) in [7, 11) is 0. The molecule has 0 amide bonds. The van der Waals surface area contributed by atoms with Crippen molar-refractivity contribution in [2.45, 2.75) is 0 Å². The van der Waals surface area contributed by atoms with E-state index in [0.717, 1.165) is 17.1 Å². The Kier molecular flexibility index (Phi) is 6.90. The lowest BCUT2D eigenvalue weighted by atomic mass is 9.96. The highest BCUT2D eigenvalue weighted by atomic mass is 15.1. The van der Waals surface area contributed by atoms with Crippen LogP contribution in [0, 0.1) is 0 Å². The zero-order valence-electron chi connectivity index (χ0n) is 24.8. The maximum atomic E-state index is 2.32. The van der Waals surface area contributed by atoms with E-state index in [-0.39, 0.29) is 0 Å². The van der Waals surface area contributed by atoms with Gasteiger partial charge in [-0.2, -0.15) is 0 Å². The number of hydrogen-bond acceptors (Lipinski definition) is 1. The van der Waals surface area contributed by atoms with Crippen molar-refractivity contribution >= 4 is 38.6 Å². The third-order valence-electron chi connectivity index (χ3n) is 8.61. The summed E-state index contributed by atoms with van der Waals surface area (Å²) in [6.07, 6.45) is 0. The Morgan fingerprint density at radius 2 is 0.622 bits per heavy atom. The van der Waals surface area contributed by atoms with Gasteiger partial charge in [-0.3, -0.25) is 0 Å². The van der Waals surface area contributed by atoms with Crippen LogP contribution in [0.4, 0.5) is 17.1 Å². The van der Waals surface area contributed by atoms with Crippen molar-refractivity contribution in [3.8, 4) is 33.4 Å². The molecule has 8 aromatic carbocycles. The molecule has 0 fully saturated rings. The van der Waals surface area contributed by atoms with Crippen LogP contribution in [-0.4, -0.2) is 0 Å². The van der Waals surface area contributed by atoms with E-state index in [1.165, 1.54) is 54.9 Å². The van der Waals surface area contributed by atoms with Gasteiger partial charge in [-0.25, -0.2) is 0 Å². The summed E-state index contributed by atoms with van der Waals surface area (Å²) in [5.74, 6) is 0. The molecule has 0 unspecified atom stereocenters. The Bertz CT molecular complexity index is 2250. The van der Waals surface area contributed by atoms with Crippen LogP contribution in [0.25, 0.3) is 54.9 Å². The van der Waals surface area contributed by atoms with Crippen LogP contribution >= 0.6 is 0 Å². The minimum Gasteiger partial charge on any atom is -0.310 e. The third-order valence-corrected chi connectivity index (χ3v) is 8.61. The summed E-state index contributed by atoms with van der Waals surface area (Å²) in [4.78, 5) is 2.32. The molecule has 0 saturated heterocycles. The molecule has 0 radical (unpaired) electrons. The average Bonchev–Trinajstić information content (AvgIpc) is 3.12. The molecule has 8 rings (SSSR count). The van der Waals surface area contributed by atoms with Crippen LogP contribution in [0.5, 0.6) is 0 Å². The number of rotatable bonds is 6. The van der Waals surface area contributed by atoms with Crippen molar-refractivity contribution in [3.05, 3.63) is 188 Å². The molecule has 0 heterocycles. The van der Waals surface area contributed by atoms with Crippen molar-refractivity contribution in [2.75, 3.05) is 4.90 Å². The summed E-state index contributed by atoms with van der Waals surface area (Å²) in [6.45, 7) is 0. The Morgan fingerprint density at radius 1 is 0.222 bits per heavy atom. The van der Waals surface area contributed by atoms with Gasteiger partial charge in [0, 0.05) is 17.1 Å². The van der Waals surface area contributed by atoms with E-state index >= 15 is 0 Å². The van der Waals surface area contributed by atoms with Gasteiger partial charge in [-0.15, -0.1) is 0 Å². The molecule has 0 aliphatic rings. The van der Waals surface area contributed by atoms with E-state index in [0.29, 0.717) is 0 Å². The van der Waals surface area contributed by atoms with Gasteiger partial charge < -0.3 is 4.90 Å². The van der Waals surface area contributed by atoms with Crippen LogP contribution in [0.1, 0.15) is 0 Å². The number of para-hydroxylation sites is 1. The van der Waals surface area contributed by atoms with Gasteiger partial charge >= 0.3 is 0 Å². The molecule has 45 heavy (non-hydrogen) atoms. The Morgan fingerprint density at radius 3 is 1.29 bits per heavy atom. The van der Waals surface area contributed by atoms with Gasteiger partial charge in [0.15, 0.2) is 0 Å². The number of nitrogens with zero attached hydrogens (tertiary/aromatic N) is 1. The Balaban J connectivity index is 1.11. The lowest BCUT2D eigenvalue weighted by molar-refractivity contribution is 1.28. The maximum absolute atomic E-state index is 2.32. The molecular formula is C44H31N. The quantitative estimate of drug-likeness (QED) is 0.191. The average molecular weight is 574 g/mol. The summed E-state index contributed by atoms with van der Waals surface area (Å²) < 4.78 is 0. The number of fused-ring (bicyclic) bond motifs is 2. The molecule has 8 aromatic rings.